The molecule has 1 aromatic carbocycles. The van der Waals surface area contributed by atoms with Gasteiger partial charge in [-0.15, -0.1) is 0 Å². The van der Waals surface area contributed by atoms with Crippen LogP contribution >= 0.6 is 11.6 Å². The minimum atomic E-state index is -4.52. The van der Waals surface area contributed by atoms with Crippen LogP contribution < -0.4 is 20.9 Å². The van der Waals surface area contributed by atoms with Gasteiger partial charge in [0.05, 0.1) is 35.0 Å². The molecule has 4 rings (SSSR count). The number of benzene rings is 1. The molecule has 0 unspecified atom stereocenters. The smallest absolute Gasteiger partial charge is 0.395 e. The van der Waals surface area contributed by atoms with E-state index in [1.807, 2.05) is 0 Å². The van der Waals surface area contributed by atoms with Crippen LogP contribution in [0.5, 0.6) is 5.88 Å². The van der Waals surface area contributed by atoms with Gasteiger partial charge in [-0.2, -0.15) is 23.4 Å². The number of ether oxygens (including phenoxy) is 1. The molecule has 0 N–H and O–H groups in total. The van der Waals surface area contributed by atoms with Gasteiger partial charge in [0.1, 0.15) is 18.2 Å². The molecule has 1 saturated heterocycles. The monoisotopic (exact) mass is 528 g/mol. The zero-order valence-corrected chi connectivity index (χ0v) is 18.7. The van der Waals surface area contributed by atoms with Gasteiger partial charge in [-0.25, -0.2) is 18.1 Å². The molecule has 1 aliphatic heterocycles. The summed E-state index contributed by atoms with van der Waals surface area (Å²) in [4.78, 5) is 35.8. The molecular weight excluding hydrogens is 515 g/mol. The number of rotatable bonds is 6. The molecule has 0 bridgehead atoms. The van der Waals surface area contributed by atoms with Gasteiger partial charge in [-0.05, 0) is 17.7 Å². The van der Waals surface area contributed by atoms with Crippen LogP contribution in [0.2, 0.25) is 5.02 Å². The van der Waals surface area contributed by atoms with Crippen LogP contribution in [0, 0.1) is 23.1 Å². The predicted octanol–water partition coefficient (Wildman–Crippen LogP) is 3.08. The molecule has 0 atom stereocenters. The fourth-order valence-corrected chi connectivity index (χ4v) is 3.90. The highest BCUT2D eigenvalue weighted by atomic mass is 35.5. The highest BCUT2D eigenvalue weighted by Gasteiger charge is 2.48. The molecule has 0 radical (unpaired) electrons. The molecule has 1 aliphatic rings. The van der Waals surface area contributed by atoms with E-state index in [9.17, 15) is 36.8 Å². The Kier molecular flexibility index (Phi) is 6.68. The lowest BCUT2D eigenvalue weighted by Crippen LogP contribution is -2.56. The maximum atomic E-state index is 13.8. The number of nitrogens with zero attached hydrogens (tertiary/aromatic N) is 6. The first kappa shape index (κ1) is 25.1. The van der Waals surface area contributed by atoms with E-state index in [4.69, 9.17) is 11.6 Å². The van der Waals surface area contributed by atoms with E-state index in [1.54, 1.807) is 6.07 Å². The molecule has 1 fully saturated rings. The number of hydrogen-bond donors (Lipinski definition) is 0. The van der Waals surface area contributed by atoms with E-state index in [2.05, 4.69) is 14.7 Å². The zero-order chi connectivity index (χ0) is 26.2. The Labute approximate surface area is 203 Å². The fourth-order valence-electron chi connectivity index (χ4n) is 3.72. The second-order valence-corrected chi connectivity index (χ2v) is 8.01. The van der Waals surface area contributed by atoms with Crippen LogP contribution in [0.25, 0.3) is 16.9 Å². The Morgan fingerprint density at radius 1 is 1.22 bits per heavy atom. The third-order valence-corrected chi connectivity index (χ3v) is 5.72. The van der Waals surface area contributed by atoms with Gasteiger partial charge in [-0.3, -0.25) is 14.3 Å². The molecule has 0 aliphatic carbocycles. The van der Waals surface area contributed by atoms with Gasteiger partial charge in [0.15, 0.2) is 5.82 Å². The summed E-state index contributed by atoms with van der Waals surface area (Å²) >= 11 is 5.88. The van der Waals surface area contributed by atoms with Crippen LogP contribution in [-0.4, -0.2) is 45.2 Å². The zero-order valence-electron chi connectivity index (χ0n) is 18.0. The Bertz CT molecular complexity index is 1480. The van der Waals surface area contributed by atoms with Crippen molar-refractivity contribution in [3.8, 4) is 28.9 Å². The average molecular weight is 529 g/mol. The average Bonchev–Trinajstić information content (AvgIpc) is 2.77. The third-order valence-electron chi connectivity index (χ3n) is 5.43. The van der Waals surface area contributed by atoms with Gasteiger partial charge >= 0.3 is 11.9 Å². The van der Waals surface area contributed by atoms with Crippen molar-refractivity contribution >= 4 is 17.4 Å². The summed E-state index contributed by atoms with van der Waals surface area (Å²) in [5.74, 6) is -3.58. The van der Waals surface area contributed by atoms with Crippen molar-refractivity contribution in [1.82, 2.24) is 19.1 Å². The van der Waals surface area contributed by atoms with Gasteiger partial charge < -0.3 is 9.64 Å². The Balaban J connectivity index is 2.03. The van der Waals surface area contributed by atoms with Gasteiger partial charge in [0.25, 0.3) is 5.56 Å². The van der Waals surface area contributed by atoms with Gasteiger partial charge in [-0.1, -0.05) is 17.7 Å². The van der Waals surface area contributed by atoms with E-state index < -0.39 is 66.5 Å². The first-order valence-electron chi connectivity index (χ1n) is 10.1. The Morgan fingerprint density at radius 3 is 2.56 bits per heavy atom. The summed E-state index contributed by atoms with van der Waals surface area (Å²) in [5.41, 5.74) is -2.53. The van der Waals surface area contributed by atoms with E-state index in [1.165, 1.54) is 0 Å². The van der Waals surface area contributed by atoms with Crippen LogP contribution in [0.1, 0.15) is 0 Å². The van der Waals surface area contributed by atoms with Crippen LogP contribution in [0.15, 0.2) is 40.2 Å². The topological polar surface area (TPSA) is 106 Å². The summed E-state index contributed by atoms with van der Waals surface area (Å²) in [6, 6.07) is 4.90. The standard InChI is InChI=1S/C21H14ClF5N6O3/c22-13-5-11(1-2-14(13)24)17-18(31-8-12(9-31)21(25,26)27)32(4-3-28)20(35)33(19(17)34)15-6-29-7-16(30-15)36-10-23/h1-2,5-7,12H,4,8-10H2. The second kappa shape index (κ2) is 9.57. The first-order valence-corrected chi connectivity index (χ1v) is 10.5. The molecule has 188 valence electrons. The normalized spacial score (nSPS) is 13.9. The van der Waals surface area contributed by atoms with Crippen molar-refractivity contribution in [2.24, 2.45) is 5.92 Å². The fraction of sp³-hybridized carbons (Fsp3) is 0.286. The largest absolute Gasteiger partial charge is 0.445 e. The molecule has 3 aromatic rings. The maximum Gasteiger partial charge on any atom is 0.395 e. The van der Waals surface area contributed by atoms with Gasteiger partial charge in [0.2, 0.25) is 12.7 Å². The number of alkyl halides is 4. The van der Waals surface area contributed by atoms with Crippen molar-refractivity contribution in [1.29, 1.82) is 5.26 Å². The summed E-state index contributed by atoms with van der Waals surface area (Å²) in [7, 11) is 0. The molecule has 0 amide bonds. The molecule has 0 spiro atoms. The van der Waals surface area contributed by atoms with E-state index in [-0.39, 0.29) is 22.8 Å². The third kappa shape index (κ3) is 4.49. The summed E-state index contributed by atoms with van der Waals surface area (Å²) in [5, 5.41) is 8.96. The molecule has 15 heteroatoms. The van der Waals surface area contributed by atoms with Crippen molar-refractivity contribution in [3.05, 3.63) is 62.3 Å². The minimum Gasteiger partial charge on any atom is -0.445 e. The predicted molar refractivity (Wildman–Crippen MR) is 116 cm³/mol. The Hall–Kier alpha value is -3.99. The van der Waals surface area contributed by atoms with Crippen molar-refractivity contribution in [3.63, 3.8) is 0 Å². The van der Waals surface area contributed by atoms with Crippen LogP contribution in [-0.2, 0) is 6.54 Å². The van der Waals surface area contributed by atoms with Crippen LogP contribution in [0.3, 0.4) is 0 Å². The summed E-state index contributed by atoms with van der Waals surface area (Å²) < 4.78 is 71.9. The lowest BCUT2D eigenvalue weighted by molar-refractivity contribution is -0.180. The molecule has 0 saturated carbocycles. The minimum absolute atomic E-state index is 0.0265. The highest BCUT2D eigenvalue weighted by molar-refractivity contribution is 6.31. The van der Waals surface area contributed by atoms with E-state index in [0.29, 0.717) is 4.57 Å². The number of nitriles is 1. The quantitative estimate of drug-likeness (QED) is 0.453. The van der Waals surface area contributed by atoms with E-state index >= 15 is 0 Å². The molecule has 9 nitrogen and oxygen atoms in total. The lowest BCUT2D eigenvalue weighted by atomic mass is 9.97. The number of aromatic nitrogens is 4. The molecule has 2 aromatic heterocycles. The van der Waals surface area contributed by atoms with E-state index in [0.717, 1.165) is 40.1 Å². The summed E-state index contributed by atoms with van der Waals surface area (Å²) in [6.07, 6.45) is -2.50. The maximum absolute atomic E-state index is 13.8. The number of halogens is 6. The highest BCUT2D eigenvalue weighted by Crippen LogP contribution is 2.39. The van der Waals surface area contributed by atoms with Crippen molar-refractivity contribution in [2.75, 3.05) is 24.9 Å². The lowest BCUT2D eigenvalue weighted by Gasteiger charge is -2.43. The molecule has 36 heavy (non-hydrogen) atoms. The molecular formula is C21H14ClF5N6O3. The van der Waals surface area contributed by atoms with Gasteiger partial charge in [0, 0.05) is 13.1 Å². The van der Waals surface area contributed by atoms with Crippen LogP contribution in [0.4, 0.5) is 27.8 Å². The second-order valence-electron chi connectivity index (χ2n) is 7.61. The number of hydrogen-bond acceptors (Lipinski definition) is 7. The SMILES string of the molecule is N#CCn1c(N2CC(C(F)(F)F)C2)c(-c2ccc(F)c(Cl)c2)c(=O)n(-c2cncc(OCF)n2)c1=O. The Morgan fingerprint density at radius 2 is 1.94 bits per heavy atom. The summed E-state index contributed by atoms with van der Waals surface area (Å²) in [6.45, 7) is -3.10. The van der Waals surface area contributed by atoms with Crippen molar-refractivity contribution in [2.45, 2.75) is 12.7 Å². The molecule has 3 heterocycles. The first-order chi connectivity index (χ1) is 17.1. The van der Waals surface area contributed by atoms with Crippen molar-refractivity contribution < 1.29 is 26.7 Å². The number of anilines is 1.